The highest BCUT2D eigenvalue weighted by Crippen LogP contribution is 2.37. The lowest BCUT2D eigenvalue weighted by molar-refractivity contribution is -0.0139. The van der Waals surface area contributed by atoms with E-state index in [1.807, 2.05) is 0 Å². The van der Waals surface area contributed by atoms with Crippen LogP contribution in [0.3, 0.4) is 0 Å². The molecule has 1 saturated carbocycles. The minimum Gasteiger partial charge on any atom is -0.396 e. The molecule has 2 heterocycles. The third-order valence-electron chi connectivity index (χ3n) is 4.41. The highest BCUT2D eigenvalue weighted by Gasteiger charge is 2.37. The average molecular weight is 293 g/mol. The number of aromatic nitrogens is 4. The van der Waals surface area contributed by atoms with Crippen LogP contribution < -0.4 is 5.73 Å². The Kier molecular flexibility index (Phi) is 3.75. The van der Waals surface area contributed by atoms with E-state index in [0.717, 1.165) is 0 Å². The first-order valence-electron chi connectivity index (χ1n) is 6.98. The van der Waals surface area contributed by atoms with Gasteiger partial charge in [0.15, 0.2) is 11.5 Å². The molecule has 1 fully saturated rings. The van der Waals surface area contributed by atoms with E-state index in [1.54, 1.807) is 10.9 Å². The molecule has 8 heteroatoms. The summed E-state index contributed by atoms with van der Waals surface area (Å²) in [5.74, 6) is 0.159. The number of hydrogen-bond donors (Lipinski definition) is 4. The summed E-state index contributed by atoms with van der Waals surface area (Å²) >= 11 is 0. The van der Waals surface area contributed by atoms with E-state index in [0.29, 0.717) is 29.8 Å². The van der Waals surface area contributed by atoms with Crippen LogP contribution in [0.15, 0.2) is 12.7 Å². The molecule has 0 bridgehead atoms. The number of nitrogens with zero attached hydrogens (tertiary/aromatic N) is 4. The van der Waals surface area contributed by atoms with Gasteiger partial charge >= 0.3 is 0 Å². The molecular formula is C13H19N5O3. The molecule has 0 aliphatic heterocycles. The molecule has 0 unspecified atom stereocenters. The number of rotatable bonds is 3. The second-order valence-corrected chi connectivity index (χ2v) is 5.57. The summed E-state index contributed by atoms with van der Waals surface area (Å²) in [6, 6.07) is -0.246. The number of imidazole rings is 1. The van der Waals surface area contributed by atoms with Crippen molar-refractivity contribution < 1.29 is 15.3 Å². The van der Waals surface area contributed by atoms with Gasteiger partial charge in [-0.15, -0.1) is 0 Å². The Labute approximate surface area is 121 Å². The van der Waals surface area contributed by atoms with Crippen molar-refractivity contribution in [1.82, 2.24) is 19.5 Å². The van der Waals surface area contributed by atoms with Gasteiger partial charge in [0.05, 0.1) is 18.5 Å². The van der Waals surface area contributed by atoms with Crippen molar-refractivity contribution in [2.45, 2.75) is 25.0 Å². The Morgan fingerprint density at radius 1 is 1.14 bits per heavy atom. The molecule has 0 aromatic carbocycles. The van der Waals surface area contributed by atoms with Crippen molar-refractivity contribution in [2.75, 3.05) is 18.9 Å². The zero-order chi connectivity index (χ0) is 15.0. The van der Waals surface area contributed by atoms with E-state index in [1.165, 1.54) is 6.33 Å². The monoisotopic (exact) mass is 293 g/mol. The number of nitrogens with two attached hydrogens (primary N) is 1. The summed E-state index contributed by atoms with van der Waals surface area (Å²) in [7, 11) is 0. The smallest absolute Gasteiger partial charge is 0.165 e. The third-order valence-corrected chi connectivity index (χ3v) is 4.41. The maximum atomic E-state index is 10.4. The Morgan fingerprint density at radius 3 is 2.57 bits per heavy atom. The SMILES string of the molecule is Nc1ncnc2c1ncn2[C@@H]1C[C@H](CO)[C@@H](CO)C[C@H]1O. The quantitative estimate of drug-likeness (QED) is 0.590. The molecule has 3 rings (SSSR count). The van der Waals surface area contributed by atoms with Crippen LogP contribution in [0.2, 0.25) is 0 Å². The van der Waals surface area contributed by atoms with Crippen LogP contribution >= 0.6 is 0 Å². The number of anilines is 1. The predicted octanol–water partition coefficient (Wildman–Crippen LogP) is -0.679. The molecule has 0 saturated heterocycles. The van der Waals surface area contributed by atoms with Gasteiger partial charge in [-0.05, 0) is 24.7 Å². The standard InChI is InChI=1S/C13H19N5O3/c14-12-11-13(16-5-15-12)18(6-17-11)9-1-7(3-19)8(4-20)2-10(9)21/h5-10,19-21H,1-4H2,(H2,14,15,16)/t7-,8-,9-,10-/m1/s1. The van der Waals surface area contributed by atoms with Gasteiger partial charge in [-0.3, -0.25) is 0 Å². The van der Waals surface area contributed by atoms with Gasteiger partial charge in [-0.2, -0.15) is 0 Å². The minimum absolute atomic E-state index is 0.0157. The van der Waals surface area contributed by atoms with Gasteiger partial charge in [0.1, 0.15) is 11.8 Å². The largest absolute Gasteiger partial charge is 0.396 e. The molecular weight excluding hydrogens is 274 g/mol. The zero-order valence-electron chi connectivity index (χ0n) is 11.5. The Balaban J connectivity index is 1.96. The van der Waals surface area contributed by atoms with Crippen molar-refractivity contribution in [3.05, 3.63) is 12.7 Å². The molecule has 0 amide bonds. The zero-order valence-corrected chi connectivity index (χ0v) is 11.5. The first kappa shape index (κ1) is 14.2. The fraction of sp³-hybridized carbons (Fsp3) is 0.615. The first-order valence-corrected chi connectivity index (χ1v) is 6.98. The molecule has 4 atom stereocenters. The van der Waals surface area contributed by atoms with E-state index in [-0.39, 0.29) is 31.1 Å². The van der Waals surface area contributed by atoms with Gasteiger partial charge in [0.2, 0.25) is 0 Å². The normalized spacial score (nSPS) is 29.9. The van der Waals surface area contributed by atoms with E-state index < -0.39 is 6.10 Å². The average Bonchev–Trinajstić information content (AvgIpc) is 2.92. The van der Waals surface area contributed by atoms with E-state index >= 15 is 0 Å². The number of fused-ring (bicyclic) bond motifs is 1. The van der Waals surface area contributed by atoms with Crippen molar-refractivity contribution in [3.8, 4) is 0 Å². The third kappa shape index (κ3) is 2.35. The van der Waals surface area contributed by atoms with Crippen molar-refractivity contribution in [2.24, 2.45) is 11.8 Å². The fourth-order valence-electron chi connectivity index (χ4n) is 3.18. The lowest BCUT2D eigenvalue weighted by Crippen LogP contribution is -2.39. The van der Waals surface area contributed by atoms with E-state index in [4.69, 9.17) is 5.73 Å². The molecule has 0 radical (unpaired) electrons. The molecule has 2 aromatic rings. The molecule has 0 spiro atoms. The Bertz CT molecular complexity index is 631. The van der Waals surface area contributed by atoms with Crippen molar-refractivity contribution in [3.63, 3.8) is 0 Å². The number of aliphatic hydroxyl groups excluding tert-OH is 3. The number of nitrogen functional groups attached to an aromatic ring is 1. The molecule has 114 valence electrons. The lowest BCUT2D eigenvalue weighted by atomic mass is 9.76. The second-order valence-electron chi connectivity index (χ2n) is 5.57. The molecule has 1 aliphatic rings. The van der Waals surface area contributed by atoms with Crippen molar-refractivity contribution >= 4 is 17.0 Å². The Morgan fingerprint density at radius 2 is 1.86 bits per heavy atom. The molecule has 1 aliphatic carbocycles. The van der Waals surface area contributed by atoms with Crippen LogP contribution in [0.1, 0.15) is 18.9 Å². The van der Waals surface area contributed by atoms with Crippen LogP contribution in [0, 0.1) is 11.8 Å². The minimum atomic E-state index is -0.626. The molecule has 5 N–H and O–H groups in total. The van der Waals surface area contributed by atoms with Gasteiger partial charge in [-0.1, -0.05) is 0 Å². The van der Waals surface area contributed by atoms with Crippen LogP contribution in [0.25, 0.3) is 11.2 Å². The Hall–Kier alpha value is -1.77. The highest BCUT2D eigenvalue weighted by atomic mass is 16.3. The van der Waals surface area contributed by atoms with Gasteiger partial charge < -0.3 is 25.6 Å². The highest BCUT2D eigenvalue weighted by molar-refractivity contribution is 5.81. The van der Waals surface area contributed by atoms with E-state index in [2.05, 4.69) is 15.0 Å². The number of hydrogen-bond acceptors (Lipinski definition) is 7. The molecule has 21 heavy (non-hydrogen) atoms. The molecule has 8 nitrogen and oxygen atoms in total. The van der Waals surface area contributed by atoms with Crippen LogP contribution in [-0.2, 0) is 0 Å². The first-order chi connectivity index (χ1) is 10.2. The van der Waals surface area contributed by atoms with E-state index in [9.17, 15) is 15.3 Å². The lowest BCUT2D eigenvalue weighted by Gasteiger charge is -2.38. The summed E-state index contributed by atoms with van der Waals surface area (Å²) in [5.41, 5.74) is 6.85. The summed E-state index contributed by atoms with van der Waals surface area (Å²) in [6.45, 7) is -0.0486. The summed E-state index contributed by atoms with van der Waals surface area (Å²) < 4.78 is 1.79. The fourth-order valence-corrected chi connectivity index (χ4v) is 3.18. The van der Waals surface area contributed by atoms with Crippen molar-refractivity contribution in [1.29, 1.82) is 0 Å². The topological polar surface area (TPSA) is 130 Å². The van der Waals surface area contributed by atoms with Crippen LogP contribution in [0.5, 0.6) is 0 Å². The number of aliphatic hydroxyl groups is 3. The maximum absolute atomic E-state index is 10.4. The van der Waals surface area contributed by atoms with Gasteiger partial charge in [-0.25, -0.2) is 15.0 Å². The van der Waals surface area contributed by atoms with Crippen LogP contribution in [-0.4, -0.2) is 54.2 Å². The molecule has 2 aromatic heterocycles. The van der Waals surface area contributed by atoms with Crippen LogP contribution in [0.4, 0.5) is 5.82 Å². The maximum Gasteiger partial charge on any atom is 0.165 e. The van der Waals surface area contributed by atoms with Gasteiger partial charge in [0.25, 0.3) is 0 Å². The predicted molar refractivity (Wildman–Crippen MR) is 75.2 cm³/mol. The van der Waals surface area contributed by atoms with Gasteiger partial charge in [0, 0.05) is 13.2 Å². The summed E-state index contributed by atoms with van der Waals surface area (Å²) in [6.07, 6.45) is 3.33. The summed E-state index contributed by atoms with van der Waals surface area (Å²) in [4.78, 5) is 12.3. The second kappa shape index (κ2) is 5.55. The summed E-state index contributed by atoms with van der Waals surface area (Å²) in [5, 5.41) is 29.2.